The fourth-order valence-corrected chi connectivity index (χ4v) is 4.68. The highest BCUT2D eigenvalue weighted by molar-refractivity contribution is 7.98. The van der Waals surface area contributed by atoms with Crippen molar-refractivity contribution in [1.29, 1.82) is 0 Å². The molecule has 1 heterocycles. The van der Waals surface area contributed by atoms with Gasteiger partial charge in [0.1, 0.15) is 0 Å². The molecule has 0 unspecified atom stereocenters. The lowest BCUT2D eigenvalue weighted by Crippen LogP contribution is -2.18. The first kappa shape index (κ1) is 18.9. The highest BCUT2D eigenvalue weighted by Gasteiger charge is 2.13. The van der Waals surface area contributed by atoms with Crippen molar-refractivity contribution in [1.82, 2.24) is 4.57 Å². The third-order valence-corrected chi connectivity index (χ3v) is 6.56. The Kier molecular flexibility index (Phi) is 5.64. The molecule has 8 heteroatoms. The zero-order valence-corrected chi connectivity index (χ0v) is 16.8. The van der Waals surface area contributed by atoms with Gasteiger partial charge in [0.05, 0.1) is 15.1 Å². The number of sulfone groups is 1. The van der Waals surface area contributed by atoms with Crippen molar-refractivity contribution >= 4 is 49.1 Å². The maximum Gasteiger partial charge on any atom is 0.279 e. The predicted octanol–water partition coefficient (Wildman–Crippen LogP) is 3.21. The van der Waals surface area contributed by atoms with Crippen molar-refractivity contribution in [2.24, 2.45) is 4.99 Å². The number of nitrogens with zero attached hydrogens (tertiary/aromatic N) is 2. The first-order valence-corrected chi connectivity index (χ1v) is 12.0. The lowest BCUT2D eigenvalue weighted by atomic mass is 10.2. The fraction of sp³-hybridized carbons (Fsp3) is 0.222. The van der Waals surface area contributed by atoms with E-state index in [1.807, 2.05) is 16.9 Å². The summed E-state index contributed by atoms with van der Waals surface area (Å²) < 4.78 is 26.4. The highest BCUT2D eigenvalue weighted by Crippen LogP contribution is 2.22. The monoisotopic (exact) mass is 406 g/mol. The number of thioether (sulfide) groups is 1. The molecule has 0 saturated carbocycles. The van der Waals surface area contributed by atoms with Crippen LogP contribution in [0.2, 0.25) is 0 Å². The van der Waals surface area contributed by atoms with Crippen molar-refractivity contribution in [3.05, 3.63) is 58.9 Å². The molecule has 5 nitrogen and oxygen atoms in total. The second-order valence-electron chi connectivity index (χ2n) is 5.71. The molecule has 0 aliphatic carbocycles. The molecular formula is C18H18N2O3S3. The van der Waals surface area contributed by atoms with Gasteiger partial charge in [0, 0.05) is 24.1 Å². The van der Waals surface area contributed by atoms with E-state index in [9.17, 15) is 13.2 Å². The molecule has 0 aliphatic heterocycles. The summed E-state index contributed by atoms with van der Waals surface area (Å²) in [6, 6.07) is 13.9. The SMILES string of the molecule is CSCCn1c(=NC(=O)c2ccccc2)sc2cc(S(C)(=O)=O)ccc21. The molecule has 0 spiro atoms. The van der Waals surface area contributed by atoms with E-state index in [1.54, 1.807) is 54.2 Å². The van der Waals surface area contributed by atoms with Gasteiger partial charge in [-0.2, -0.15) is 16.8 Å². The summed E-state index contributed by atoms with van der Waals surface area (Å²) in [6.45, 7) is 0.695. The molecule has 136 valence electrons. The lowest BCUT2D eigenvalue weighted by molar-refractivity contribution is 0.0998. The molecule has 26 heavy (non-hydrogen) atoms. The fourth-order valence-electron chi connectivity index (χ4n) is 2.50. The number of hydrogen-bond donors (Lipinski definition) is 0. The Morgan fingerprint density at radius 2 is 1.92 bits per heavy atom. The van der Waals surface area contributed by atoms with Crippen LogP contribution in [0.5, 0.6) is 0 Å². The van der Waals surface area contributed by atoms with E-state index in [2.05, 4.69) is 4.99 Å². The molecule has 0 atom stereocenters. The highest BCUT2D eigenvalue weighted by atomic mass is 32.2. The number of aromatic nitrogens is 1. The molecule has 0 fully saturated rings. The number of fused-ring (bicyclic) bond motifs is 1. The van der Waals surface area contributed by atoms with E-state index < -0.39 is 9.84 Å². The Morgan fingerprint density at radius 1 is 1.19 bits per heavy atom. The molecule has 1 aromatic heterocycles. The lowest BCUT2D eigenvalue weighted by Gasteiger charge is -2.04. The van der Waals surface area contributed by atoms with Gasteiger partial charge in [-0.25, -0.2) is 8.42 Å². The van der Waals surface area contributed by atoms with E-state index in [4.69, 9.17) is 0 Å². The minimum Gasteiger partial charge on any atom is -0.316 e. The van der Waals surface area contributed by atoms with E-state index in [0.717, 1.165) is 16.0 Å². The Balaban J connectivity index is 2.16. The maximum absolute atomic E-state index is 12.5. The zero-order valence-electron chi connectivity index (χ0n) is 14.4. The predicted molar refractivity (Wildman–Crippen MR) is 108 cm³/mol. The maximum atomic E-state index is 12.5. The number of aryl methyl sites for hydroxylation is 1. The number of carbonyl (C=O) groups is 1. The summed E-state index contributed by atoms with van der Waals surface area (Å²) in [7, 11) is -3.29. The van der Waals surface area contributed by atoms with Gasteiger partial charge in [-0.3, -0.25) is 4.79 Å². The zero-order chi connectivity index (χ0) is 18.7. The Bertz CT molecular complexity index is 1110. The van der Waals surface area contributed by atoms with Crippen molar-refractivity contribution in [3.8, 4) is 0 Å². The quantitative estimate of drug-likeness (QED) is 0.652. The summed E-state index contributed by atoms with van der Waals surface area (Å²) in [5.41, 5.74) is 1.41. The summed E-state index contributed by atoms with van der Waals surface area (Å²) >= 11 is 3.03. The number of carbonyl (C=O) groups excluding carboxylic acids is 1. The molecule has 2 aromatic carbocycles. The summed E-state index contributed by atoms with van der Waals surface area (Å²) in [4.78, 5) is 17.6. The van der Waals surface area contributed by atoms with Crippen LogP contribution in [0.1, 0.15) is 10.4 Å². The van der Waals surface area contributed by atoms with Gasteiger partial charge < -0.3 is 4.57 Å². The molecule has 1 amide bonds. The van der Waals surface area contributed by atoms with Crippen LogP contribution in [0.25, 0.3) is 10.2 Å². The number of rotatable bonds is 5. The largest absolute Gasteiger partial charge is 0.316 e. The van der Waals surface area contributed by atoms with Crippen LogP contribution in [0.15, 0.2) is 58.4 Å². The minimum absolute atomic E-state index is 0.268. The third-order valence-electron chi connectivity index (χ3n) is 3.82. The van der Waals surface area contributed by atoms with Crippen LogP contribution in [0.3, 0.4) is 0 Å². The number of hydrogen-bond acceptors (Lipinski definition) is 5. The molecule has 3 rings (SSSR count). The van der Waals surface area contributed by atoms with Crippen molar-refractivity contribution < 1.29 is 13.2 Å². The first-order chi connectivity index (χ1) is 12.4. The standard InChI is InChI=1S/C18H18N2O3S3/c1-24-11-10-20-15-9-8-14(26(2,22)23)12-16(15)25-18(20)19-17(21)13-6-4-3-5-7-13/h3-9,12H,10-11H2,1-2H3. The van der Waals surface area contributed by atoms with Crippen LogP contribution < -0.4 is 4.80 Å². The average Bonchev–Trinajstić information content (AvgIpc) is 2.96. The second kappa shape index (κ2) is 7.77. The summed E-state index contributed by atoms with van der Waals surface area (Å²) in [5.74, 6) is 0.560. The number of amides is 1. The van der Waals surface area contributed by atoms with Gasteiger partial charge in [0.2, 0.25) is 0 Å². The topological polar surface area (TPSA) is 68.5 Å². The van der Waals surface area contributed by atoms with Crippen molar-refractivity contribution in [3.63, 3.8) is 0 Å². The van der Waals surface area contributed by atoms with Gasteiger partial charge >= 0.3 is 0 Å². The van der Waals surface area contributed by atoms with Gasteiger partial charge in [-0.05, 0) is 36.6 Å². The van der Waals surface area contributed by atoms with Gasteiger partial charge in [0.25, 0.3) is 5.91 Å². The molecular weight excluding hydrogens is 388 g/mol. The smallest absolute Gasteiger partial charge is 0.279 e. The van der Waals surface area contributed by atoms with Gasteiger partial charge in [-0.1, -0.05) is 29.5 Å². The Labute approximate surface area is 160 Å². The normalized spacial score (nSPS) is 12.6. The Hall–Kier alpha value is -1.90. The molecule has 0 radical (unpaired) electrons. The number of thiazole rings is 1. The second-order valence-corrected chi connectivity index (χ2v) is 9.72. The van der Waals surface area contributed by atoms with E-state index >= 15 is 0 Å². The van der Waals surface area contributed by atoms with Crippen LogP contribution in [0, 0.1) is 0 Å². The molecule has 0 bridgehead atoms. The molecule has 3 aromatic rings. The van der Waals surface area contributed by atoms with E-state index in [0.29, 0.717) is 16.9 Å². The molecule has 0 aliphatic rings. The number of benzene rings is 2. The van der Waals surface area contributed by atoms with Crippen LogP contribution >= 0.6 is 23.1 Å². The van der Waals surface area contributed by atoms with Gasteiger partial charge in [0.15, 0.2) is 14.6 Å². The van der Waals surface area contributed by atoms with E-state index in [-0.39, 0.29) is 10.8 Å². The minimum atomic E-state index is -3.29. The molecule has 0 saturated heterocycles. The van der Waals surface area contributed by atoms with Crippen molar-refractivity contribution in [2.45, 2.75) is 11.4 Å². The summed E-state index contributed by atoms with van der Waals surface area (Å²) in [6.07, 6.45) is 3.20. The van der Waals surface area contributed by atoms with Crippen LogP contribution in [-0.4, -0.2) is 37.2 Å². The first-order valence-electron chi connectivity index (χ1n) is 7.86. The Morgan fingerprint density at radius 3 is 2.58 bits per heavy atom. The van der Waals surface area contributed by atoms with Gasteiger partial charge in [-0.15, -0.1) is 0 Å². The van der Waals surface area contributed by atoms with Crippen LogP contribution in [-0.2, 0) is 16.4 Å². The third kappa shape index (κ3) is 4.08. The van der Waals surface area contributed by atoms with E-state index in [1.165, 1.54) is 17.6 Å². The van der Waals surface area contributed by atoms with Crippen LogP contribution in [0.4, 0.5) is 0 Å². The van der Waals surface area contributed by atoms with Crippen molar-refractivity contribution in [2.75, 3.05) is 18.3 Å². The summed E-state index contributed by atoms with van der Waals surface area (Å²) in [5, 5.41) is 0. The molecule has 0 N–H and O–H groups in total. The average molecular weight is 407 g/mol.